The first-order valence-electron chi connectivity index (χ1n) is 3.13. The fourth-order valence-electron chi connectivity index (χ4n) is 0.739. The monoisotopic (exact) mass is 260 g/mol. The van der Waals surface area contributed by atoms with Crippen molar-refractivity contribution in [3.8, 4) is 0 Å². The molecule has 0 unspecified atom stereocenters. The quantitative estimate of drug-likeness (QED) is 0.681. The van der Waals surface area contributed by atoms with E-state index in [9.17, 15) is 0 Å². The molecular formula is C8H10AsBr. The van der Waals surface area contributed by atoms with Crippen LogP contribution in [0.3, 0.4) is 0 Å². The third-order valence-electron chi connectivity index (χ3n) is 1.34. The van der Waals surface area contributed by atoms with Gasteiger partial charge in [0, 0.05) is 0 Å². The average Bonchev–Trinajstić information content (AvgIpc) is 1.88. The Morgan fingerprint density at radius 3 is 2.00 bits per heavy atom. The van der Waals surface area contributed by atoms with Crippen molar-refractivity contribution in [2.45, 2.75) is 11.4 Å². The minimum absolute atomic E-state index is 0.630. The number of hydrogen-bond donors (Lipinski definition) is 0. The van der Waals surface area contributed by atoms with Crippen LogP contribution in [0, 0.1) is 0 Å². The van der Waals surface area contributed by atoms with Gasteiger partial charge in [-0.05, 0) is 0 Å². The Hall–Kier alpha value is 0.258. The molecule has 0 fully saturated rings. The van der Waals surface area contributed by atoms with Crippen molar-refractivity contribution < 1.29 is 0 Å². The summed E-state index contributed by atoms with van der Waals surface area (Å²) in [6, 6.07) is 8.66. The first-order valence-corrected chi connectivity index (χ1v) is 8.61. The van der Waals surface area contributed by atoms with E-state index in [2.05, 4.69) is 51.6 Å². The third kappa shape index (κ3) is 2.14. The molecule has 0 N–H and O–H groups in total. The molecule has 1 rings (SSSR count). The van der Waals surface area contributed by atoms with Crippen LogP contribution in [0.5, 0.6) is 0 Å². The molecule has 0 amide bonds. The van der Waals surface area contributed by atoms with E-state index in [0.717, 1.165) is 0 Å². The van der Waals surface area contributed by atoms with Crippen LogP contribution in [0.4, 0.5) is 0 Å². The van der Waals surface area contributed by atoms with Gasteiger partial charge < -0.3 is 0 Å². The van der Waals surface area contributed by atoms with Crippen molar-refractivity contribution in [2.75, 3.05) is 0 Å². The Balaban J connectivity index is 2.89. The van der Waals surface area contributed by atoms with Crippen molar-refractivity contribution in [1.82, 2.24) is 0 Å². The molecule has 0 bridgehead atoms. The van der Waals surface area contributed by atoms with Crippen LogP contribution in [0.25, 0.3) is 0 Å². The zero-order valence-corrected chi connectivity index (χ0v) is 9.60. The Bertz CT molecular complexity index is 203. The summed E-state index contributed by atoms with van der Waals surface area (Å²) in [5.41, 5.74) is 4.69. The summed E-state index contributed by atoms with van der Waals surface area (Å²) in [5.74, 6) is 0. The Morgan fingerprint density at radius 2 is 1.60 bits per heavy atom. The molecule has 0 aliphatic carbocycles. The van der Waals surface area contributed by atoms with Gasteiger partial charge in [-0.1, -0.05) is 0 Å². The van der Waals surface area contributed by atoms with Gasteiger partial charge in [-0.25, -0.2) is 0 Å². The van der Waals surface area contributed by atoms with Gasteiger partial charge in [0.1, 0.15) is 0 Å². The second kappa shape index (κ2) is 3.59. The van der Waals surface area contributed by atoms with Crippen molar-refractivity contribution in [1.29, 1.82) is 0 Å². The van der Waals surface area contributed by atoms with Gasteiger partial charge in [-0.2, -0.15) is 0 Å². The molecule has 54 valence electrons. The van der Waals surface area contributed by atoms with Gasteiger partial charge in [-0.15, -0.1) is 0 Å². The summed E-state index contributed by atoms with van der Waals surface area (Å²) in [6.07, 6.45) is 0. The molecule has 0 radical (unpaired) electrons. The molecule has 2 heteroatoms. The summed E-state index contributed by atoms with van der Waals surface area (Å²) in [6.45, 7) is 0. The molecule has 0 nitrogen and oxygen atoms in total. The topological polar surface area (TPSA) is 0 Å². The Labute approximate surface area is 75.0 Å². The zero-order chi connectivity index (χ0) is 7.56. The van der Waals surface area contributed by atoms with Crippen LogP contribution >= 0.6 is 15.9 Å². The first-order chi connectivity index (χ1) is 4.70. The zero-order valence-electron chi connectivity index (χ0n) is 6.13. The van der Waals surface area contributed by atoms with E-state index in [1.54, 1.807) is 0 Å². The Kier molecular flexibility index (Phi) is 3.00. The molecule has 0 aromatic heterocycles. The summed E-state index contributed by atoms with van der Waals surface area (Å²) in [4.78, 5) is 0. The van der Waals surface area contributed by atoms with E-state index >= 15 is 0 Å². The van der Waals surface area contributed by atoms with Crippen molar-refractivity contribution >= 4 is 34.9 Å². The van der Waals surface area contributed by atoms with Gasteiger partial charge in [0.15, 0.2) is 0 Å². The maximum atomic E-state index is 3.41. The van der Waals surface area contributed by atoms with Gasteiger partial charge >= 0.3 is 75.1 Å². The molecule has 0 heterocycles. The summed E-state index contributed by atoms with van der Waals surface area (Å²) in [5, 5.41) is 0. The molecule has 0 aliphatic heterocycles. The van der Waals surface area contributed by atoms with E-state index < -0.39 is 14.7 Å². The molecule has 0 saturated heterocycles. The molecule has 1 aromatic carbocycles. The number of halogens is 1. The predicted molar refractivity (Wildman–Crippen MR) is 51.3 cm³/mol. The minimum atomic E-state index is -0.630. The number of rotatable bonds is 1. The molecule has 0 atom stereocenters. The fourth-order valence-corrected chi connectivity index (χ4v) is 2.57. The van der Waals surface area contributed by atoms with E-state index in [0.29, 0.717) is 0 Å². The molecular weight excluding hydrogens is 251 g/mol. The molecule has 0 spiro atoms. The summed E-state index contributed by atoms with van der Waals surface area (Å²) < 4.78 is 2.71. The SMILES string of the molecule is C[As](C)c1ccc(Br)cc1. The van der Waals surface area contributed by atoms with Crippen LogP contribution in [-0.2, 0) is 0 Å². The second-order valence-corrected chi connectivity index (χ2v) is 8.12. The summed E-state index contributed by atoms with van der Waals surface area (Å²) >= 11 is 2.78. The van der Waals surface area contributed by atoms with Gasteiger partial charge in [0.05, 0.1) is 0 Å². The van der Waals surface area contributed by atoms with Crippen LogP contribution in [0.2, 0.25) is 11.4 Å². The molecule has 0 aliphatic rings. The number of hydrogen-bond acceptors (Lipinski definition) is 0. The van der Waals surface area contributed by atoms with E-state index in [-0.39, 0.29) is 0 Å². The van der Waals surface area contributed by atoms with Crippen LogP contribution in [0.1, 0.15) is 0 Å². The van der Waals surface area contributed by atoms with Crippen molar-refractivity contribution in [3.63, 3.8) is 0 Å². The maximum absolute atomic E-state index is 3.41. The van der Waals surface area contributed by atoms with E-state index in [4.69, 9.17) is 0 Å². The van der Waals surface area contributed by atoms with Crippen molar-refractivity contribution in [3.05, 3.63) is 28.7 Å². The normalized spacial score (nSPS) is 10.4. The Morgan fingerprint density at radius 1 is 1.10 bits per heavy atom. The molecule has 10 heavy (non-hydrogen) atoms. The van der Waals surface area contributed by atoms with Crippen LogP contribution in [-0.4, -0.2) is 14.7 Å². The van der Waals surface area contributed by atoms with E-state index in [1.165, 1.54) is 8.82 Å². The molecule has 0 saturated carbocycles. The third-order valence-corrected chi connectivity index (χ3v) is 4.66. The van der Waals surface area contributed by atoms with Crippen LogP contribution in [0.15, 0.2) is 28.7 Å². The van der Waals surface area contributed by atoms with E-state index in [1.807, 2.05) is 0 Å². The first kappa shape index (κ1) is 8.36. The fraction of sp³-hybridized carbons (Fsp3) is 0.250. The average molecular weight is 261 g/mol. The molecule has 1 aromatic rings. The standard InChI is InChI=1S/C8H10AsBr/c1-9(2)7-3-5-8(10)6-4-7/h3-6H,1-2H3. The second-order valence-electron chi connectivity index (χ2n) is 2.37. The van der Waals surface area contributed by atoms with Crippen LogP contribution < -0.4 is 4.35 Å². The predicted octanol–water partition coefficient (Wildman–Crippen LogP) is 2.41. The number of benzene rings is 1. The van der Waals surface area contributed by atoms with Crippen molar-refractivity contribution in [2.24, 2.45) is 0 Å². The summed E-state index contributed by atoms with van der Waals surface area (Å²) in [7, 11) is 0. The van der Waals surface area contributed by atoms with Gasteiger partial charge in [0.2, 0.25) is 0 Å². The van der Waals surface area contributed by atoms with Gasteiger partial charge in [0.25, 0.3) is 0 Å². The van der Waals surface area contributed by atoms with Gasteiger partial charge in [-0.3, -0.25) is 0 Å².